The van der Waals surface area contributed by atoms with Crippen LogP contribution < -0.4 is 16.4 Å². The Bertz CT molecular complexity index is 1100. The number of ether oxygens (including phenoxy) is 1. The fourth-order valence-electron chi connectivity index (χ4n) is 3.02. The average Bonchev–Trinajstić information content (AvgIpc) is 3.09. The van der Waals surface area contributed by atoms with Gasteiger partial charge in [0.2, 0.25) is 0 Å². The summed E-state index contributed by atoms with van der Waals surface area (Å²) in [5, 5.41) is 5.57. The topological polar surface area (TPSA) is 115 Å². The summed E-state index contributed by atoms with van der Waals surface area (Å²) < 4.78 is 6.55. The highest BCUT2D eigenvalue weighted by Crippen LogP contribution is 2.18. The number of rotatable bonds is 7. The van der Waals surface area contributed by atoms with Crippen LogP contribution >= 0.6 is 0 Å². The van der Waals surface area contributed by atoms with E-state index < -0.39 is 0 Å². The van der Waals surface area contributed by atoms with Gasteiger partial charge in [-0.25, -0.2) is 0 Å². The number of hydrogen-bond acceptors (Lipinski definition) is 5. The molecule has 1 heterocycles. The molecule has 0 atom stereocenters. The first-order chi connectivity index (χ1) is 14.9. The van der Waals surface area contributed by atoms with Crippen molar-refractivity contribution in [2.75, 3.05) is 23.0 Å². The molecular formula is C23H24N4O4. The number of aryl methyl sites for hydroxylation is 1. The Balaban J connectivity index is 1.64. The maximum Gasteiger partial charge on any atom is 0.310 e. The largest absolute Gasteiger partial charge is 0.466 e. The number of nitrogens with two attached hydrogens (primary N) is 1. The third-order valence-electron chi connectivity index (χ3n) is 4.51. The van der Waals surface area contributed by atoms with E-state index in [1.165, 1.54) is 0 Å². The van der Waals surface area contributed by atoms with Crippen LogP contribution in [0, 0.1) is 0 Å². The van der Waals surface area contributed by atoms with E-state index in [1.54, 1.807) is 79.3 Å². The maximum atomic E-state index is 12.7. The van der Waals surface area contributed by atoms with Gasteiger partial charge in [0.25, 0.3) is 11.8 Å². The van der Waals surface area contributed by atoms with Gasteiger partial charge in [-0.1, -0.05) is 18.2 Å². The molecule has 0 saturated carbocycles. The molecule has 1 aromatic heterocycles. The van der Waals surface area contributed by atoms with Crippen LogP contribution in [0.5, 0.6) is 0 Å². The third kappa shape index (κ3) is 5.72. The van der Waals surface area contributed by atoms with Crippen LogP contribution in [0.1, 0.15) is 33.3 Å². The number of anilines is 3. The molecule has 0 saturated heterocycles. The molecule has 2 amide bonds. The fourth-order valence-corrected chi connectivity index (χ4v) is 3.02. The van der Waals surface area contributed by atoms with Crippen LogP contribution in [0.4, 0.5) is 17.1 Å². The molecule has 8 nitrogen and oxygen atoms in total. The van der Waals surface area contributed by atoms with Crippen LogP contribution in [0.25, 0.3) is 0 Å². The number of benzene rings is 2. The third-order valence-corrected chi connectivity index (χ3v) is 4.51. The van der Waals surface area contributed by atoms with E-state index in [2.05, 4.69) is 10.6 Å². The molecule has 0 aliphatic rings. The van der Waals surface area contributed by atoms with Crippen molar-refractivity contribution in [3.8, 4) is 0 Å². The van der Waals surface area contributed by atoms with Gasteiger partial charge in [0.1, 0.15) is 5.69 Å². The Labute approximate surface area is 180 Å². The van der Waals surface area contributed by atoms with E-state index in [4.69, 9.17) is 10.5 Å². The zero-order valence-corrected chi connectivity index (χ0v) is 17.3. The van der Waals surface area contributed by atoms with Gasteiger partial charge >= 0.3 is 5.97 Å². The zero-order valence-electron chi connectivity index (χ0n) is 17.3. The summed E-state index contributed by atoms with van der Waals surface area (Å²) in [6.45, 7) is 2.10. The lowest BCUT2D eigenvalue weighted by molar-refractivity contribution is -0.142. The molecule has 31 heavy (non-hydrogen) atoms. The van der Waals surface area contributed by atoms with Crippen LogP contribution in [0.3, 0.4) is 0 Å². The van der Waals surface area contributed by atoms with Crippen molar-refractivity contribution in [3.05, 3.63) is 77.6 Å². The van der Waals surface area contributed by atoms with Gasteiger partial charge in [-0.05, 0) is 48.9 Å². The number of nitrogen functional groups attached to an aromatic ring is 1. The Kier molecular flexibility index (Phi) is 6.71. The molecular weight excluding hydrogens is 396 g/mol. The van der Waals surface area contributed by atoms with Gasteiger partial charge in [-0.3, -0.25) is 14.4 Å². The molecule has 0 aliphatic heterocycles. The van der Waals surface area contributed by atoms with Gasteiger partial charge in [0, 0.05) is 30.2 Å². The predicted octanol–water partition coefficient (Wildman–Crippen LogP) is 3.22. The van der Waals surface area contributed by atoms with Gasteiger partial charge in [0.05, 0.1) is 18.7 Å². The van der Waals surface area contributed by atoms with Crippen molar-refractivity contribution < 1.29 is 19.1 Å². The van der Waals surface area contributed by atoms with Crippen molar-refractivity contribution in [2.24, 2.45) is 7.05 Å². The van der Waals surface area contributed by atoms with Crippen molar-refractivity contribution in [1.82, 2.24) is 4.57 Å². The van der Waals surface area contributed by atoms with Crippen LogP contribution in [0.2, 0.25) is 0 Å². The number of nitrogens with one attached hydrogen (secondary N) is 2. The molecule has 0 radical (unpaired) electrons. The van der Waals surface area contributed by atoms with Gasteiger partial charge < -0.3 is 25.7 Å². The lowest BCUT2D eigenvalue weighted by Gasteiger charge is -2.07. The van der Waals surface area contributed by atoms with Crippen LogP contribution in [0.15, 0.2) is 60.8 Å². The number of esters is 1. The van der Waals surface area contributed by atoms with Crippen LogP contribution in [-0.4, -0.2) is 29.0 Å². The normalized spacial score (nSPS) is 10.4. The summed E-state index contributed by atoms with van der Waals surface area (Å²) in [6.07, 6.45) is 1.83. The minimum absolute atomic E-state index is 0.177. The molecule has 2 aromatic carbocycles. The van der Waals surface area contributed by atoms with Crippen molar-refractivity contribution >= 4 is 34.8 Å². The standard InChI is InChI=1S/C23H24N4O4/c1-3-31-21(28)11-15-7-9-18(10-8-15)25-23(30)20-13-19(14-27(20)2)26-22(29)16-5-4-6-17(24)12-16/h4-10,12-14H,3,11,24H2,1-2H3,(H,25,30)(H,26,29). The predicted molar refractivity (Wildman–Crippen MR) is 119 cm³/mol. The molecule has 0 unspecified atom stereocenters. The SMILES string of the molecule is CCOC(=O)Cc1ccc(NC(=O)c2cc(NC(=O)c3cccc(N)c3)cn2C)cc1. The first-order valence-electron chi connectivity index (χ1n) is 9.75. The quantitative estimate of drug-likeness (QED) is 0.401. The molecule has 3 aromatic rings. The Morgan fingerprint density at radius 2 is 1.68 bits per heavy atom. The smallest absolute Gasteiger partial charge is 0.310 e. The summed E-state index contributed by atoms with van der Waals surface area (Å²) in [4.78, 5) is 36.6. The summed E-state index contributed by atoms with van der Waals surface area (Å²) in [7, 11) is 1.72. The second-order valence-electron chi connectivity index (χ2n) is 6.94. The number of carbonyl (C=O) groups excluding carboxylic acids is 3. The second-order valence-corrected chi connectivity index (χ2v) is 6.94. The second kappa shape index (κ2) is 9.62. The van der Waals surface area contributed by atoms with Gasteiger partial charge in [0.15, 0.2) is 0 Å². The number of hydrogen-bond donors (Lipinski definition) is 3. The first kappa shape index (κ1) is 21.6. The lowest BCUT2D eigenvalue weighted by Crippen LogP contribution is -2.15. The van der Waals surface area contributed by atoms with Crippen molar-refractivity contribution in [2.45, 2.75) is 13.3 Å². The van der Waals surface area contributed by atoms with Crippen molar-refractivity contribution in [1.29, 1.82) is 0 Å². The highest BCUT2D eigenvalue weighted by molar-refractivity contribution is 6.07. The van der Waals surface area contributed by atoms with Crippen molar-refractivity contribution in [3.63, 3.8) is 0 Å². The number of carbonyl (C=O) groups is 3. The molecule has 0 aliphatic carbocycles. The highest BCUT2D eigenvalue weighted by atomic mass is 16.5. The molecule has 0 fully saturated rings. The van der Waals surface area contributed by atoms with Gasteiger partial charge in [-0.15, -0.1) is 0 Å². The molecule has 0 bridgehead atoms. The summed E-state index contributed by atoms with van der Waals surface area (Å²) in [5.41, 5.74) is 8.89. The number of nitrogens with zero attached hydrogens (tertiary/aromatic N) is 1. The minimum Gasteiger partial charge on any atom is -0.466 e. The number of aromatic nitrogens is 1. The molecule has 0 spiro atoms. The van der Waals surface area contributed by atoms with E-state index in [0.29, 0.717) is 34.9 Å². The molecule has 160 valence electrons. The summed E-state index contributed by atoms with van der Waals surface area (Å²) in [5.74, 6) is -0.942. The average molecular weight is 420 g/mol. The van der Waals surface area contributed by atoms with E-state index in [1.807, 2.05) is 0 Å². The summed E-state index contributed by atoms with van der Waals surface area (Å²) >= 11 is 0. The molecule has 8 heteroatoms. The maximum absolute atomic E-state index is 12.7. The molecule has 3 rings (SSSR count). The van der Waals surface area contributed by atoms with E-state index in [0.717, 1.165) is 5.56 Å². The Morgan fingerprint density at radius 1 is 0.968 bits per heavy atom. The van der Waals surface area contributed by atoms with E-state index in [-0.39, 0.29) is 24.2 Å². The Morgan fingerprint density at radius 3 is 2.35 bits per heavy atom. The summed E-state index contributed by atoms with van der Waals surface area (Å²) in [6, 6.07) is 15.2. The fraction of sp³-hybridized carbons (Fsp3) is 0.174. The van der Waals surface area contributed by atoms with E-state index in [9.17, 15) is 14.4 Å². The Hall–Kier alpha value is -4.07. The van der Waals surface area contributed by atoms with E-state index >= 15 is 0 Å². The van der Waals surface area contributed by atoms with Crippen LogP contribution in [-0.2, 0) is 23.0 Å². The zero-order chi connectivity index (χ0) is 22.4. The monoisotopic (exact) mass is 420 g/mol. The molecule has 4 N–H and O–H groups in total. The number of amides is 2. The van der Waals surface area contributed by atoms with Gasteiger partial charge in [-0.2, -0.15) is 0 Å². The highest BCUT2D eigenvalue weighted by Gasteiger charge is 2.15. The minimum atomic E-state index is -0.329. The first-order valence-corrected chi connectivity index (χ1v) is 9.75. The lowest BCUT2D eigenvalue weighted by atomic mass is 10.1.